The van der Waals surface area contributed by atoms with E-state index in [4.69, 9.17) is 4.74 Å². The highest BCUT2D eigenvalue weighted by Gasteiger charge is 1.98. The van der Waals surface area contributed by atoms with Crippen molar-refractivity contribution < 1.29 is 4.74 Å². The fourth-order valence-electron chi connectivity index (χ4n) is 1.70. The fraction of sp³-hybridized carbons (Fsp3) is 0.200. The molecule has 17 heavy (non-hydrogen) atoms. The van der Waals surface area contributed by atoms with Crippen molar-refractivity contribution in [3.05, 3.63) is 54.1 Å². The second-order valence-corrected chi connectivity index (χ2v) is 4.35. The lowest BCUT2D eigenvalue weighted by molar-refractivity contribution is 0.340. The summed E-state index contributed by atoms with van der Waals surface area (Å²) in [4.78, 5) is 0. The molecule has 2 heteroatoms. The second-order valence-electron chi connectivity index (χ2n) is 3.79. The van der Waals surface area contributed by atoms with E-state index >= 15 is 0 Å². The Kier molecular flexibility index (Phi) is 4.21. The lowest BCUT2D eigenvalue weighted by Gasteiger charge is -2.05. The molecule has 0 saturated heterocycles. The Bertz CT molecular complexity index is 459. The van der Waals surface area contributed by atoms with Gasteiger partial charge in [0.1, 0.15) is 5.75 Å². The van der Waals surface area contributed by atoms with Crippen LogP contribution < -0.4 is 4.74 Å². The molecule has 0 N–H and O–H groups in total. The lowest BCUT2D eigenvalue weighted by Crippen LogP contribution is -1.90. The quantitative estimate of drug-likeness (QED) is 0.745. The molecule has 0 radical (unpaired) electrons. The van der Waals surface area contributed by atoms with E-state index in [1.54, 1.807) is 0 Å². The van der Waals surface area contributed by atoms with Crippen molar-refractivity contribution in [2.24, 2.45) is 0 Å². The average Bonchev–Trinajstić information content (AvgIpc) is 2.40. The van der Waals surface area contributed by atoms with Crippen molar-refractivity contribution in [3.63, 3.8) is 0 Å². The molecule has 0 aliphatic rings. The molecule has 0 unspecified atom stereocenters. The number of hydrogen-bond acceptors (Lipinski definition) is 1. The van der Waals surface area contributed by atoms with Gasteiger partial charge in [0.05, 0.1) is 6.61 Å². The molecule has 0 fully saturated rings. The van der Waals surface area contributed by atoms with Crippen LogP contribution in [0.4, 0.5) is 0 Å². The molecule has 0 atom stereocenters. The SMILES string of the molecule is CCOc1ccc(-c2ccc(CBr)cc2)cc1. The third-order valence-corrected chi connectivity index (χ3v) is 3.25. The van der Waals surface area contributed by atoms with E-state index in [0.717, 1.165) is 11.1 Å². The maximum atomic E-state index is 5.43. The summed E-state index contributed by atoms with van der Waals surface area (Å²) in [6, 6.07) is 16.8. The number of alkyl halides is 1. The van der Waals surface area contributed by atoms with E-state index in [1.807, 2.05) is 19.1 Å². The van der Waals surface area contributed by atoms with Gasteiger partial charge in [-0.2, -0.15) is 0 Å². The minimum absolute atomic E-state index is 0.708. The van der Waals surface area contributed by atoms with Gasteiger partial charge >= 0.3 is 0 Å². The molecule has 0 bridgehead atoms. The van der Waals surface area contributed by atoms with E-state index in [9.17, 15) is 0 Å². The molecule has 1 nitrogen and oxygen atoms in total. The molecular weight excluding hydrogens is 276 g/mol. The first-order chi connectivity index (χ1) is 8.33. The zero-order valence-electron chi connectivity index (χ0n) is 9.82. The monoisotopic (exact) mass is 290 g/mol. The van der Waals surface area contributed by atoms with Gasteiger partial charge in [0.15, 0.2) is 0 Å². The normalized spacial score (nSPS) is 10.2. The summed E-state index contributed by atoms with van der Waals surface area (Å²) in [5.41, 5.74) is 3.74. The van der Waals surface area contributed by atoms with Crippen LogP contribution in [0, 0.1) is 0 Å². The molecule has 0 aromatic heterocycles. The van der Waals surface area contributed by atoms with Crippen molar-refractivity contribution in [2.75, 3.05) is 6.61 Å². The van der Waals surface area contributed by atoms with Crippen LogP contribution in [0.5, 0.6) is 5.75 Å². The maximum Gasteiger partial charge on any atom is 0.119 e. The lowest BCUT2D eigenvalue weighted by atomic mass is 10.0. The maximum absolute atomic E-state index is 5.43. The summed E-state index contributed by atoms with van der Waals surface area (Å²) in [5.74, 6) is 0.924. The molecular formula is C15H15BrO. The van der Waals surface area contributed by atoms with Gasteiger partial charge in [-0.3, -0.25) is 0 Å². The van der Waals surface area contributed by atoms with Gasteiger partial charge in [-0.25, -0.2) is 0 Å². The van der Waals surface area contributed by atoms with Gasteiger partial charge in [-0.1, -0.05) is 52.3 Å². The average molecular weight is 291 g/mol. The Labute approximate surface area is 111 Å². The topological polar surface area (TPSA) is 9.23 Å². The van der Waals surface area contributed by atoms with Gasteiger partial charge in [-0.05, 0) is 35.7 Å². The molecule has 0 amide bonds. The molecule has 0 aliphatic carbocycles. The van der Waals surface area contributed by atoms with E-state index < -0.39 is 0 Å². The van der Waals surface area contributed by atoms with Crippen LogP contribution in [0.15, 0.2) is 48.5 Å². The first kappa shape index (κ1) is 12.2. The van der Waals surface area contributed by atoms with Crippen LogP contribution in [0.3, 0.4) is 0 Å². The summed E-state index contributed by atoms with van der Waals surface area (Å²) < 4.78 is 5.43. The van der Waals surface area contributed by atoms with Crippen LogP contribution in [0.1, 0.15) is 12.5 Å². The smallest absolute Gasteiger partial charge is 0.119 e. The van der Waals surface area contributed by atoms with Crippen molar-refractivity contribution >= 4 is 15.9 Å². The Morgan fingerprint density at radius 2 is 1.41 bits per heavy atom. The Hall–Kier alpha value is -1.28. The van der Waals surface area contributed by atoms with Gasteiger partial charge in [0.25, 0.3) is 0 Å². The first-order valence-corrected chi connectivity index (χ1v) is 6.83. The summed E-state index contributed by atoms with van der Waals surface area (Å²) in [7, 11) is 0. The number of benzene rings is 2. The zero-order chi connectivity index (χ0) is 12.1. The minimum atomic E-state index is 0.708. The largest absolute Gasteiger partial charge is 0.494 e. The van der Waals surface area contributed by atoms with Gasteiger partial charge in [-0.15, -0.1) is 0 Å². The van der Waals surface area contributed by atoms with E-state index in [0.29, 0.717) is 6.61 Å². The highest BCUT2D eigenvalue weighted by molar-refractivity contribution is 9.08. The molecule has 0 aliphatic heterocycles. The van der Waals surface area contributed by atoms with E-state index in [-0.39, 0.29) is 0 Å². The second kappa shape index (κ2) is 5.87. The van der Waals surface area contributed by atoms with Crippen molar-refractivity contribution in [1.29, 1.82) is 0 Å². The predicted octanol–water partition coefficient (Wildman–Crippen LogP) is 4.65. The first-order valence-electron chi connectivity index (χ1n) is 5.71. The summed E-state index contributed by atoms with van der Waals surface area (Å²) >= 11 is 3.45. The van der Waals surface area contributed by atoms with E-state index in [1.165, 1.54) is 16.7 Å². The Morgan fingerprint density at radius 3 is 1.88 bits per heavy atom. The van der Waals surface area contributed by atoms with Crippen molar-refractivity contribution in [2.45, 2.75) is 12.3 Å². The van der Waals surface area contributed by atoms with Crippen LogP contribution >= 0.6 is 15.9 Å². The minimum Gasteiger partial charge on any atom is -0.494 e. The van der Waals surface area contributed by atoms with Crippen LogP contribution in [0.2, 0.25) is 0 Å². The zero-order valence-corrected chi connectivity index (χ0v) is 11.4. The van der Waals surface area contributed by atoms with Gasteiger partial charge < -0.3 is 4.74 Å². The molecule has 2 aromatic rings. The molecule has 0 heterocycles. The van der Waals surface area contributed by atoms with Crippen LogP contribution in [-0.4, -0.2) is 6.61 Å². The number of ether oxygens (including phenoxy) is 1. The summed E-state index contributed by atoms with van der Waals surface area (Å²) in [6.07, 6.45) is 0. The summed E-state index contributed by atoms with van der Waals surface area (Å²) in [6.45, 7) is 2.70. The Morgan fingerprint density at radius 1 is 0.882 bits per heavy atom. The third-order valence-electron chi connectivity index (χ3n) is 2.61. The molecule has 0 spiro atoms. The molecule has 2 aromatic carbocycles. The predicted molar refractivity (Wildman–Crippen MR) is 75.7 cm³/mol. The standard InChI is InChI=1S/C15H15BrO/c1-2-17-15-9-7-14(8-10-15)13-5-3-12(11-16)4-6-13/h3-10H,2,11H2,1H3. The number of halogens is 1. The molecule has 2 rings (SSSR count). The van der Waals surface area contributed by atoms with Crippen molar-refractivity contribution in [3.8, 4) is 16.9 Å². The number of hydrogen-bond donors (Lipinski definition) is 0. The molecule has 88 valence electrons. The number of rotatable bonds is 4. The molecule has 0 saturated carbocycles. The fourth-order valence-corrected chi connectivity index (χ4v) is 2.07. The van der Waals surface area contributed by atoms with Crippen LogP contribution in [-0.2, 0) is 5.33 Å². The van der Waals surface area contributed by atoms with Crippen LogP contribution in [0.25, 0.3) is 11.1 Å². The Balaban J connectivity index is 2.20. The third kappa shape index (κ3) is 3.10. The summed E-state index contributed by atoms with van der Waals surface area (Å²) in [5, 5.41) is 0.899. The highest BCUT2D eigenvalue weighted by Crippen LogP contribution is 2.23. The highest BCUT2D eigenvalue weighted by atomic mass is 79.9. The van der Waals surface area contributed by atoms with E-state index in [2.05, 4.69) is 52.3 Å². The van der Waals surface area contributed by atoms with Gasteiger partial charge in [0.2, 0.25) is 0 Å². The van der Waals surface area contributed by atoms with Crippen molar-refractivity contribution in [1.82, 2.24) is 0 Å². The van der Waals surface area contributed by atoms with Gasteiger partial charge in [0, 0.05) is 5.33 Å².